The van der Waals surface area contributed by atoms with Gasteiger partial charge in [0.25, 0.3) is 0 Å². The van der Waals surface area contributed by atoms with Crippen LogP contribution in [0.4, 0.5) is 4.39 Å². The van der Waals surface area contributed by atoms with Crippen molar-refractivity contribution in [3.63, 3.8) is 0 Å². The quantitative estimate of drug-likeness (QED) is 0.481. The molecule has 2 fully saturated rings. The maximum absolute atomic E-state index is 14.4. The molecule has 0 aliphatic carbocycles. The number of halogens is 1. The van der Waals surface area contributed by atoms with Gasteiger partial charge >= 0.3 is 0 Å². The normalized spacial score (nSPS) is 23.2. The summed E-state index contributed by atoms with van der Waals surface area (Å²) in [7, 11) is 2.12. The van der Waals surface area contributed by atoms with Gasteiger partial charge in [-0.1, -0.05) is 6.07 Å². The first-order valence-electron chi connectivity index (χ1n) is 8.44. The molecule has 6 nitrogen and oxygen atoms in total. The van der Waals surface area contributed by atoms with Crippen LogP contribution in [0.2, 0.25) is 0 Å². The summed E-state index contributed by atoms with van der Waals surface area (Å²) >= 11 is 0.984. The number of hydrogen-bond acceptors (Lipinski definition) is 6. The third-order valence-corrected chi connectivity index (χ3v) is 5.91. The zero-order valence-electron chi connectivity index (χ0n) is 14.6. The van der Waals surface area contributed by atoms with Crippen molar-refractivity contribution in [1.29, 1.82) is 16.2 Å². The van der Waals surface area contributed by atoms with Crippen LogP contribution >= 0.6 is 11.8 Å². The smallest absolute Gasteiger partial charge is 0.162 e. The van der Waals surface area contributed by atoms with Crippen LogP contribution in [0.1, 0.15) is 11.1 Å². The van der Waals surface area contributed by atoms with Crippen LogP contribution < -0.4 is 5.73 Å². The predicted octanol–water partition coefficient (Wildman–Crippen LogP) is 2.26. The molecule has 0 amide bonds. The summed E-state index contributed by atoms with van der Waals surface area (Å²) < 4.78 is 14.4. The Hall–Kier alpha value is -2.19. The molecule has 3 rings (SSSR count). The van der Waals surface area contributed by atoms with Crippen molar-refractivity contribution >= 4 is 33.8 Å². The van der Waals surface area contributed by atoms with Crippen LogP contribution in [-0.2, 0) is 0 Å². The molecule has 0 saturated carbocycles. The minimum absolute atomic E-state index is 0.0151. The number of benzene rings is 1. The van der Waals surface area contributed by atoms with E-state index in [0.29, 0.717) is 28.1 Å². The lowest BCUT2D eigenvalue weighted by Crippen LogP contribution is -2.30. The standard InChI is InChI=1S/C18H23FN6S/c1-24-7-13-9-25(10-14(13)8-24)18(23)26-17(22)15-3-2-11(4-16(15)19)12(5-20)6-21/h2-6,13-14,20,22-23H,7-10,21H2,1H3/b12-6+,20-5?,22-17?,23-18?. The van der Waals surface area contributed by atoms with E-state index in [2.05, 4.69) is 11.9 Å². The fraction of sp³-hybridized carbons (Fsp3) is 0.389. The van der Waals surface area contributed by atoms with E-state index >= 15 is 0 Å². The fourth-order valence-electron chi connectivity index (χ4n) is 3.72. The number of nitrogens with two attached hydrogens (primary N) is 1. The topological polar surface area (TPSA) is 104 Å². The Balaban J connectivity index is 1.65. The van der Waals surface area contributed by atoms with Gasteiger partial charge in [0.05, 0.1) is 0 Å². The maximum Gasteiger partial charge on any atom is 0.162 e. The third-order valence-electron chi connectivity index (χ3n) is 5.04. The van der Waals surface area contributed by atoms with E-state index in [-0.39, 0.29) is 10.6 Å². The molecule has 0 radical (unpaired) electrons. The molecular formula is C18H23FN6S. The van der Waals surface area contributed by atoms with Gasteiger partial charge in [0.2, 0.25) is 0 Å². The van der Waals surface area contributed by atoms with Gasteiger partial charge in [0.15, 0.2) is 5.17 Å². The summed E-state index contributed by atoms with van der Waals surface area (Å²) in [6.45, 7) is 3.77. The number of fused-ring (bicyclic) bond motifs is 1. The molecule has 2 aliphatic heterocycles. The highest BCUT2D eigenvalue weighted by Gasteiger charge is 2.39. The van der Waals surface area contributed by atoms with Crippen LogP contribution in [-0.4, -0.2) is 59.5 Å². The molecule has 2 unspecified atom stereocenters. The van der Waals surface area contributed by atoms with Crippen molar-refractivity contribution in [2.75, 3.05) is 33.2 Å². The number of amidine groups is 1. The molecule has 1 aromatic rings. The Kier molecular flexibility index (Phi) is 5.43. The first-order valence-corrected chi connectivity index (χ1v) is 9.25. The van der Waals surface area contributed by atoms with E-state index in [1.807, 2.05) is 4.90 Å². The van der Waals surface area contributed by atoms with Crippen LogP contribution in [0.5, 0.6) is 0 Å². The number of rotatable bonds is 3. The number of hydrogen-bond donors (Lipinski definition) is 4. The molecule has 1 aromatic carbocycles. The van der Waals surface area contributed by atoms with Crippen molar-refractivity contribution in [2.24, 2.45) is 17.6 Å². The lowest BCUT2D eigenvalue weighted by molar-refractivity contribution is 0.350. The Morgan fingerprint density at radius 3 is 2.42 bits per heavy atom. The Morgan fingerprint density at radius 1 is 1.23 bits per heavy atom. The highest BCUT2D eigenvalue weighted by molar-refractivity contribution is 8.26. The molecule has 2 aliphatic rings. The molecular weight excluding hydrogens is 351 g/mol. The van der Waals surface area contributed by atoms with Gasteiger partial charge in [-0.25, -0.2) is 4.39 Å². The van der Waals surface area contributed by atoms with E-state index in [0.717, 1.165) is 44.2 Å². The first-order chi connectivity index (χ1) is 12.4. The fourth-order valence-corrected chi connectivity index (χ4v) is 4.46. The minimum Gasteiger partial charge on any atom is -0.404 e. The molecule has 0 spiro atoms. The van der Waals surface area contributed by atoms with Crippen LogP contribution in [0, 0.1) is 33.9 Å². The second-order valence-corrected chi connectivity index (χ2v) is 7.84. The van der Waals surface area contributed by atoms with Crippen molar-refractivity contribution in [3.05, 3.63) is 41.3 Å². The molecule has 2 atom stereocenters. The lowest BCUT2D eigenvalue weighted by atomic mass is 10.0. The second-order valence-electron chi connectivity index (χ2n) is 6.84. The minimum atomic E-state index is -0.547. The van der Waals surface area contributed by atoms with Gasteiger partial charge in [0, 0.05) is 49.7 Å². The number of thioether (sulfide) groups is 1. The van der Waals surface area contributed by atoms with Crippen LogP contribution in [0.15, 0.2) is 24.4 Å². The summed E-state index contributed by atoms with van der Waals surface area (Å²) in [5.41, 5.74) is 6.49. The largest absolute Gasteiger partial charge is 0.404 e. The second kappa shape index (κ2) is 7.59. The van der Waals surface area contributed by atoms with Crippen molar-refractivity contribution in [1.82, 2.24) is 9.80 Å². The van der Waals surface area contributed by atoms with Gasteiger partial charge in [-0.2, -0.15) is 0 Å². The van der Waals surface area contributed by atoms with Crippen molar-refractivity contribution in [3.8, 4) is 0 Å². The molecule has 26 heavy (non-hydrogen) atoms. The van der Waals surface area contributed by atoms with Crippen molar-refractivity contribution < 1.29 is 4.39 Å². The molecule has 8 heteroatoms. The maximum atomic E-state index is 14.4. The highest BCUT2D eigenvalue weighted by atomic mass is 32.2. The van der Waals surface area contributed by atoms with Gasteiger partial charge in [-0.15, -0.1) is 0 Å². The summed E-state index contributed by atoms with van der Waals surface area (Å²) in [6, 6.07) is 4.42. The average molecular weight is 374 g/mol. The lowest BCUT2D eigenvalue weighted by Gasteiger charge is -2.21. The number of allylic oxidation sites excluding steroid dienone is 1. The zero-order valence-corrected chi connectivity index (χ0v) is 15.4. The Labute approximate surface area is 156 Å². The third kappa shape index (κ3) is 3.66. The van der Waals surface area contributed by atoms with Gasteiger partial charge in [0.1, 0.15) is 10.9 Å². The van der Waals surface area contributed by atoms with E-state index in [9.17, 15) is 4.39 Å². The van der Waals surface area contributed by atoms with Gasteiger partial charge < -0.3 is 20.9 Å². The van der Waals surface area contributed by atoms with E-state index < -0.39 is 5.82 Å². The molecule has 0 bridgehead atoms. The molecule has 0 aromatic heterocycles. The SMILES string of the molecule is CN1CC2CN(C(=N)SC(=N)c3ccc(/C(C=N)=C/N)cc3F)CC2C1. The van der Waals surface area contributed by atoms with Crippen LogP contribution in [0.3, 0.4) is 0 Å². The van der Waals surface area contributed by atoms with Crippen molar-refractivity contribution in [2.45, 2.75) is 0 Å². The van der Waals surface area contributed by atoms with Gasteiger partial charge in [-0.3, -0.25) is 10.8 Å². The van der Waals surface area contributed by atoms with E-state index in [1.54, 1.807) is 6.07 Å². The molecule has 5 N–H and O–H groups in total. The molecule has 138 valence electrons. The number of nitrogens with one attached hydrogen (secondary N) is 3. The molecule has 2 heterocycles. The summed E-state index contributed by atoms with van der Waals surface area (Å²) in [6.07, 6.45) is 2.31. The summed E-state index contributed by atoms with van der Waals surface area (Å²) in [4.78, 5) is 4.32. The molecule has 2 saturated heterocycles. The summed E-state index contributed by atoms with van der Waals surface area (Å²) in [5, 5.41) is 24.1. The van der Waals surface area contributed by atoms with E-state index in [1.165, 1.54) is 18.3 Å². The van der Waals surface area contributed by atoms with Gasteiger partial charge in [-0.05, 0) is 48.3 Å². The zero-order chi connectivity index (χ0) is 18.8. The Bertz CT molecular complexity index is 763. The first kappa shape index (κ1) is 18.6. The Morgan fingerprint density at radius 2 is 1.88 bits per heavy atom. The average Bonchev–Trinajstić information content (AvgIpc) is 3.13. The van der Waals surface area contributed by atoms with E-state index in [4.69, 9.17) is 22.0 Å². The monoisotopic (exact) mass is 374 g/mol. The summed E-state index contributed by atoms with van der Waals surface area (Å²) in [5.74, 6) is 0.608. The number of nitrogens with zero attached hydrogens (tertiary/aromatic N) is 2. The highest BCUT2D eigenvalue weighted by Crippen LogP contribution is 2.32. The predicted molar refractivity (Wildman–Crippen MR) is 106 cm³/mol. The van der Waals surface area contributed by atoms with Crippen LogP contribution in [0.25, 0.3) is 5.57 Å². The number of likely N-dealkylation sites (tertiary alicyclic amines) is 2.